The number of carboxylic acids is 1. The molecule has 1 aromatic heterocycles. The summed E-state index contributed by atoms with van der Waals surface area (Å²) in [6.07, 6.45) is 1.34. The quantitative estimate of drug-likeness (QED) is 0.845. The third kappa shape index (κ3) is 2.63. The highest BCUT2D eigenvalue weighted by Gasteiger charge is 2.13. The number of nitrogens with one attached hydrogen (secondary N) is 1. The largest absolute Gasteiger partial charge is 0.487 e. The Labute approximate surface area is 98.1 Å². The molecule has 2 aromatic rings. The van der Waals surface area contributed by atoms with Crippen molar-refractivity contribution < 1.29 is 14.6 Å². The Morgan fingerprint density at radius 1 is 1.41 bits per heavy atom. The van der Waals surface area contributed by atoms with Crippen molar-refractivity contribution in [1.29, 1.82) is 0 Å². The van der Waals surface area contributed by atoms with Gasteiger partial charge in [-0.3, -0.25) is 0 Å². The Bertz CT molecular complexity index is 517. The average Bonchev–Trinajstić information content (AvgIpc) is 2.76. The Balaban J connectivity index is 2.05. The Morgan fingerprint density at radius 3 is 2.76 bits per heavy atom. The van der Waals surface area contributed by atoms with Gasteiger partial charge in [-0.15, -0.1) is 0 Å². The molecule has 0 radical (unpaired) electrons. The molecule has 0 fully saturated rings. The number of hydrogen-bond donors (Lipinski definition) is 2. The first-order valence-corrected chi connectivity index (χ1v) is 5.12. The number of H-pyrrole nitrogens is 1. The molecule has 1 heterocycles. The predicted molar refractivity (Wildman–Crippen MR) is 61.1 cm³/mol. The molecule has 88 valence electrons. The molecule has 0 bridgehead atoms. The van der Waals surface area contributed by atoms with Gasteiger partial charge in [0, 0.05) is 0 Å². The number of imidazole rings is 1. The zero-order valence-electron chi connectivity index (χ0n) is 9.30. The lowest BCUT2D eigenvalue weighted by atomic mass is 10.2. The third-order valence-corrected chi connectivity index (χ3v) is 2.33. The summed E-state index contributed by atoms with van der Waals surface area (Å²) in [4.78, 5) is 17.3. The van der Waals surface area contributed by atoms with E-state index in [1.807, 2.05) is 31.2 Å². The summed E-state index contributed by atoms with van der Waals surface area (Å²) < 4.78 is 5.46. The van der Waals surface area contributed by atoms with Crippen LogP contribution >= 0.6 is 0 Å². The van der Waals surface area contributed by atoms with E-state index in [0.29, 0.717) is 11.4 Å². The van der Waals surface area contributed by atoms with Gasteiger partial charge in [-0.2, -0.15) is 0 Å². The SMILES string of the molecule is Cc1ccc(OCc2[nH]cnc2C(=O)O)cc1. The average molecular weight is 232 g/mol. The number of aryl methyl sites for hydroxylation is 1. The van der Waals surface area contributed by atoms with Crippen molar-refractivity contribution in [2.45, 2.75) is 13.5 Å². The van der Waals surface area contributed by atoms with E-state index in [2.05, 4.69) is 9.97 Å². The molecule has 5 nitrogen and oxygen atoms in total. The highest BCUT2D eigenvalue weighted by atomic mass is 16.5. The minimum absolute atomic E-state index is 0.00267. The summed E-state index contributed by atoms with van der Waals surface area (Å²) in [5, 5.41) is 8.85. The molecule has 0 atom stereocenters. The Hall–Kier alpha value is -2.30. The van der Waals surface area contributed by atoms with Crippen molar-refractivity contribution in [2.24, 2.45) is 0 Å². The fourth-order valence-electron chi connectivity index (χ4n) is 1.41. The summed E-state index contributed by atoms with van der Waals surface area (Å²) in [5.74, 6) is -0.365. The number of nitrogens with zero attached hydrogens (tertiary/aromatic N) is 1. The molecule has 5 heteroatoms. The van der Waals surface area contributed by atoms with Crippen LogP contribution in [0.3, 0.4) is 0 Å². The summed E-state index contributed by atoms with van der Waals surface area (Å²) in [6.45, 7) is 2.14. The molecule has 0 saturated carbocycles. The topological polar surface area (TPSA) is 75.2 Å². The van der Waals surface area contributed by atoms with Crippen LogP contribution in [0.1, 0.15) is 21.7 Å². The van der Waals surface area contributed by atoms with E-state index in [9.17, 15) is 4.79 Å². The van der Waals surface area contributed by atoms with Crippen molar-refractivity contribution in [2.75, 3.05) is 0 Å². The number of aromatic nitrogens is 2. The normalized spacial score (nSPS) is 10.2. The number of hydrogen-bond acceptors (Lipinski definition) is 3. The predicted octanol–water partition coefficient (Wildman–Crippen LogP) is 2.00. The highest BCUT2D eigenvalue weighted by Crippen LogP contribution is 2.14. The van der Waals surface area contributed by atoms with Crippen LogP contribution in [0.5, 0.6) is 5.75 Å². The molecule has 2 N–H and O–H groups in total. The number of carboxylic acid groups (broad SMARTS) is 1. The van der Waals surface area contributed by atoms with Gasteiger partial charge in [-0.1, -0.05) is 17.7 Å². The first kappa shape index (κ1) is 11.2. The summed E-state index contributed by atoms with van der Waals surface area (Å²) in [5.41, 5.74) is 1.60. The maximum Gasteiger partial charge on any atom is 0.356 e. The van der Waals surface area contributed by atoms with E-state index in [-0.39, 0.29) is 12.3 Å². The van der Waals surface area contributed by atoms with Gasteiger partial charge in [-0.25, -0.2) is 9.78 Å². The second-order valence-corrected chi connectivity index (χ2v) is 3.64. The lowest BCUT2D eigenvalue weighted by molar-refractivity contribution is 0.0688. The lowest BCUT2D eigenvalue weighted by Gasteiger charge is -2.05. The second-order valence-electron chi connectivity index (χ2n) is 3.64. The van der Waals surface area contributed by atoms with E-state index in [1.54, 1.807) is 0 Å². The monoisotopic (exact) mass is 232 g/mol. The molecule has 0 saturated heterocycles. The van der Waals surface area contributed by atoms with E-state index in [0.717, 1.165) is 5.56 Å². The van der Waals surface area contributed by atoms with Crippen LogP contribution in [0.25, 0.3) is 0 Å². The maximum absolute atomic E-state index is 10.8. The van der Waals surface area contributed by atoms with Crippen molar-refractivity contribution in [3.63, 3.8) is 0 Å². The number of aromatic carboxylic acids is 1. The van der Waals surface area contributed by atoms with E-state index in [1.165, 1.54) is 6.33 Å². The maximum atomic E-state index is 10.8. The van der Waals surface area contributed by atoms with E-state index >= 15 is 0 Å². The van der Waals surface area contributed by atoms with Gasteiger partial charge in [0.05, 0.1) is 12.0 Å². The number of ether oxygens (including phenoxy) is 1. The third-order valence-electron chi connectivity index (χ3n) is 2.33. The van der Waals surface area contributed by atoms with Crippen LogP contribution in [0.2, 0.25) is 0 Å². The molecule has 0 aliphatic heterocycles. The molecule has 0 spiro atoms. The molecule has 0 unspecified atom stereocenters. The van der Waals surface area contributed by atoms with Crippen LogP contribution in [0, 0.1) is 6.92 Å². The zero-order valence-corrected chi connectivity index (χ0v) is 9.30. The van der Waals surface area contributed by atoms with Gasteiger partial charge in [0.1, 0.15) is 12.4 Å². The molecular formula is C12H12N2O3. The van der Waals surface area contributed by atoms with Gasteiger partial charge < -0.3 is 14.8 Å². The molecular weight excluding hydrogens is 220 g/mol. The van der Waals surface area contributed by atoms with Crippen LogP contribution in [-0.2, 0) is 6.61 Å². The van der Waals surface area contributed by atoms with Gasteiger partial charge in [-0.05, 0) is 19.1 Å². The minimum atomic E-state index is -1.06. The molecule has 2 rings (SSSR count). The minimum Gasteiger partial charge on any atom is -0.487 e. The van der Waals surface area contributed by atoms with Crippen LogP contribution in [0.4, 0.5) is 0 Å². The van der Waals surface area contributed by atoms with E-state index in [4.69, 9.17) is 9.84 Å². The highest BCUT2D eigenvalue weighted by molar-refractivity contribution is 5.86. The Kier molecular flexibility index (Phi) is 3.09. The fraction of sp³-hybridized carbons (Fsp3) is 0.167. The molecule has 0 aliphatic carbocycles. The van der Waals surface area contributed by atoms with Gasteiger partial charge in [0.2, 0.25) is 0 Å². The van der Waals surface area contributed by atoms with Gasteiger partial charge in [0.15, 0.2) is 5.69 Å². The molecule has 17 heavy (non-hydrogen) atoms. The number of benzene rings is 1. The number of carbonyl (C=O) groups is 1. The summed E-state index contributed by atoms with van der Waals surface area (Å²) >= 11 is 0. The van der Waals surface area contributed by atoms with Crippen LogP contribution in [-0.4, -0.2) is 21.0 Å². The number of aromatic amines is 1. The van der Waals surface area contributed by atoms with Crippen molar-refractivity contribution >= 4 is 5.97 Å². The standard InChI is InChI=1S/C12H12N2O3/c1-8-2-4-9(5-3-8)17-6-10-11(12(15)16)14-7-13-10/h2-5,7H,6H2,1H3,(H,13,14)(H,15,16). The van der Waals surface area contributed by atoms with Gasteiger partial charge in [0.25, 0.3) is 0 Å². The first-order valence-electron chi connectivity index (χ1n) is 5.12. The fourth-order valence-corrected chi connectivity index (χ4v) is 1.41. The molecule has 1 aromatic carbocycles. The van der Waals surface area contributed by atoms with Crippen LogP contribution in [0.15, 0.2) is 30.6 Å². The molecule has 0 amide bonds. The molecule has 0 aliphatic rings. The Morgan fingerprint density at radius 2 is 2.12 bits per heavy atom. The summed E-state index contributed by atoms with van der Waals surface area (Å²) in [7, 11) is 0. The smallest absolute Gasteiger partial charge is 0.356 e. The van der Waals surface area contributed by atoms with Crippen LogP contribution < -0.4 is 4.74 Å². The van der Waals surface area contributed by atoms with Crippen molar-refractivity contribution in [3.8, 4) is 5.75 Å². The zero-order chi connectivity index (χ0) is 12.3. The summed E-state index contributed by atoms with van der Waals surface area (Å²) in [6, 6.07) is 7.54. The number of rotatable bonds is 4. The van der Waals surface area contributed by atoms with E-state index < -0.39 is 5.97 Å². The lowest BCUT2D eigenvalue weighted by Crippen LogP contribution is -2.05. The second kappa shape index (κ2) is 4.69. The van der Waals surface area contributed by atoms with Crippen molar-refractivity contribution in [1.82, 2.24) is 9.97 Å². The van der Waals surface area contributed by atoms with Gasteiger partial charge >= 0.3 is 5.97 Å². The first-order chi connectivity index (χ1) is 8.16. The van der Waals surface area contributed by atoms with Crippen molar-refractivity contribution in [3.05, 3.63) is 47.5 Å².